The van der Waals surface area contributed by atoms with Crippen LogP contribution in [0.15, 0.2) is 84.9 Å². The molecule has 5 nitrogen and oxygen atoms in total. The Hall–Kier alpha value is -4.25. The van der Waals surface area contributed by atoms with Gasteiger partial charge in [0.05, 0.1) is 25.3 Å². The van der Waals surface area contributed by atoms with Gasteiger partial charge in [0.1, 0.15) is 6.61 Å². The third-order valence-corrected chi connectivity index (χ3v) is 5.78. The lowest BCUT2D eigenvalue weighted by atomic mass is 9.96. The first-order chi connectivity index (χ1) is 16.2. The molecule has 0 saturated heterocycles. The summed E-state index contributed by atoms with van der Waals surface area (Å²) in [4.78, 5) is 16.3. The summed E-state index contributed by atoms with van der Waals surface area (Å²) >= 11 is 0. The summed E-state index contributed by atoms with van der Waals surface area (Å²) in [6.07, 6.45) is 0. The number of carbonyl (C=O) groups is 1. The van der Waals surface area contributed by atoms with Gasteiger partial charge in [-0.05, 0) is 34.9 Å². The molecule has 0 aliphatic carbocycles. The summed E-state index contributed by atoms with van der Waals surface area (Å²) in [6, 6.07) is 27.6. The molecule has 33 heavy (non-hydrogen) atoms. The SMILES string of the molecule is COC(=O)c1c(-c2ccc(OCc3ccccc3)c(OC)c2)ccc2c1[nH]c1ccccc12. The molecule has 0 unspecified atom stereocenters. The Labute approximate surface area is 191 Å². The molecule has 5 heteroatoms. The molecular weight excluding hydrogens is 414 g/mol. The van der Waals surface area contributed by atoms with E-state index < -0.39 is 5.97 Å². The Morgan fingerprint density at radius 2 is 1.61 bits per heavy atom. The largest absolute Gasteiger partial charge is 0.493 e. The maximum atomic E-state index is 12.9. The van der Waals surface area contributed by atoms with E-state index in [9.17, 15) is 4.79 Å². The van der Waals surface area contributed by atoms with Gasteiger partial charge in [-0.1, -0.05) is 66.7 Å². The van der Waals surface area contributed by atoms with Crippen molar-refractivity contribution in [2.24, 2.45) is 0 Å². The van der Waals surface area contributed by atoms with E-state index in [-0.39, 0.29) is 0 Å². The highest BCUT2D eigenvalue weighted by Gasteiger charge is 2.21. The van der Waals surface area contributed by atoms with Gasteiger partial charge in [-0.15, -0.1) is 0 Å². The zero-order chi connectivity index (χ0) is 22.8. The van der Waals surface area contributed by atoms with Crippen LogP contribution in [0.4, 0.5) is 0 Å². The molecule has 1 heterocycles. The fourth-order valence-electron chi connectivity index (χ4n) is 4.16. The number of aromatic amines is 1. The summed E-state index contributed by atoms with van der Waals surface area (Å²) in [5.74, 6) is 0.831. The van der Waals surface area contributed by atoms with E-state index in [2.05, 4.69) is 4.98 Å². The maximum absolute atomic E-state index is 12.9. The molecule has 5 aromatic rings. The van der Waals surface area contributed by atoms with Crippen LogP contribution in [0.2, 0.25) is 0 Å². The average Bonchev–Trinajstić information content (AvgIpc) is 3.25. The fourth-order valence-corrected chi connectivity index (χ4v) is 4.16. The number of H-pyrrole nitrogens is 1. The minimum Gasteiger partial charge on any atom is -0.493 e. The Morgan fingerprint density at radius 1 is 0.818 bits per heavy atom. The van der Waals surface area contributed by atoms with Crippen LogP contribution in [0, 0.1) is 0 Å². The predicted octanol–water partition coefficient (Wildman–Crippen LogP) is 6.36. The van der Waals surface area contributed by atoms with Crippen molar-refractivity contribution in [1.82, 2.24) is 4.98 Å². The van der Waals surface area contributed by atoms with Crippen molar-refractivity contribution in [1.29, 1.82) is 0 Å². The number of esters is 1. The minimum atomic E-state index is -0.398. The van der Waals surface area contributed by atoms with E-state index in [1.807, 2.05) is 84.9 Å². The summed E-state index contributed by atoms with van der Waals surface area (Å²) in [5.41, 5.74) is 4.88. The third kappa shape index (κ3) is 3.78. The fraction of sp³-hybridized carbons (Fsp3) is 0.107. The summed E-state index contributed by atoms with van der Waals surface area (Å²) in [5, 5.41) is 2.04. The van der Waals surface area contributed by atoms with E-state index in [1.165, 1.54) is 7.11 Å². The second-order valence-electron chi connectivity index (χ2n) is 7.71. The van der Waals surface area contributed by atoms with E-state index in [0.717, 1.165) is 38.5 Å². The number of aromatic nitrogens is 1. The minimum absolute atomic E-state index is 0.398. The van der Waals surface area contributed by atoms with E-state index in [0.29, 0.717) is 23.7 Å². The number of hydrogen-bond acceptors (Lipinski definition) is 4. The lowest BCUT2D eigenvalue weighted by molar-refractivity contribution is 0.0603. The van der Waals surface area contributed by atoms with Crippen molar-refractivity contribution in [3.8, 4) is 22.6 Å². The number of nitrogens with one attached hydrogen (secondary N) is 1. The first-order valence-corrected chi connectivity index (χ1v) is 10.7. The summed E-state index contributed by atoms with van der Waals surface area (Å²) < 4.78 is 16.8. The van der Waals surface area contributed by atoms with Crippen LogP contribution in [-0.4, -0.2) is 25.2 Å². The summed E-state index contributed by atoms with van der Waals surface area (Å²) in [6.45, 7) is 0.435. The first-order valence-electron chi connectivity index (χ1n) is 10.7. The number of carbonyl (C=O) groups excluding carboxylic acids is 1. The van der Waals surface area contributed by atoms with Gasteiger partial charge in [-0.25, -0.2) is 4.79 Å². The highest BCUT2D eigenvalue weighted by atomic mass is 16.5. The van der Waals surface area contributed by atoms with E-state index in [1.54, 1.807) is 7.11 Å². The second kappa shape index (κ2) is 8.71. The number of fused-ring (bicyclic) bond motifs is 3. The first kappa shape index (κ1) is 20.6. The molecule has 0 atom stereocenters. The Bertz CT molecular complexity index is 1450. The van der Waals surface area contributed by atoms with Crippen LogP contribution in [0.25, 0.3) is 32.9 Å². The van der Waals surface area contributed by atoms with Gasteiger partial charge in [-0.3, -0.25) is 0 Å². The number of benzene rings is 4. The molecule has 0 amide bonds. The predicted molar refractivity (Wildman–Crippen MR) is 130 cm³/mol. The molecule has 5 rings (SSSR count). The zero-order valence-corrected chi connectivity index (χ0v) is 18.4. The maximum Gasteiger partial charge on any atom is 0.340 e. The molecule has 0 spiro atoms. The number of para-hydroxylation sites is 1. The van der Waals surface area contributed by atoms with Gasteiger partial charge >= 0.3 is 5.97 Å². The second-order valence-corrected chi connectivity index (χ2v) is 7.71. The monoisotopic (exact) mass is 437 g/mol. The van der Waals surface area contributed by atoms with Gasteiger partial charge in [-0.2, -0.15) is 0 Å². The molecule has 0 radical (unpaired) electrons. The van der Waals surface area contributed by atoms with Crippen molar-refractivity contribution >= 4 is 27.8 Å². The van der Waals surface area contributed by atoms with Crippen LogP contribution < -0.4 is 9.47 Å². The molecular formula is C28H23NO4. The van der Waals surface area contributed by atoms with Crippen LogP contribution in [0.3, 0.4) is 0 Å². The van der Waals surface area contributed by atoms with E-state index >= 15 is 0 Å². The molecule has 1 N–H and O–H groups in total. The Balaban J connectivity index is 1.59. The van der Waals surface area contributed by atoms with Crippen molar-refractivity contribution < 1.29 is 19.0 Å². The van der Waals surface area contributed by atoms with Gasteiger partial charge in [0, 0.05) is 16.3 Å². The van der Waals surface area contributed by atoms with Crippen LogP contribution >= 0.6 is 0 Å². The van der Waals surface area contributed by atoms with Crippen molar-refractivity contribution in [2.75, 3.05) is 14.2 Å². The van der Waals surface area contributed by atoms with Gasteiger partial charge in [0.15, 0.2) is 11.5 Å². The molecule has 0 aliphatic rings. The zero-order valence-electron chi connectivity index (χ0n) is 18.4. The van der Waals surface area contributed by atoms with Crippen LogP contribution in [0.5, 0.6) is 11.5 Å². The van der Waals surface area contributed by atoms with Gasteiger partial charge in [0.2, 0.25) is 0 Å². The van der Waals surface area contributed by atoms with Crippen molar-refractivity contribution in [3.05, 3.63) is 96.1 Å². The average molecular weight is 437 g/mol. The molecule has 0 bridgehead atoms. The molecule has 4 aromatic carbocycles. The molecule has 164 valence electrons. The number of ether oxygens (including phenoxy) is 3. The Morgan fingerprint density at radius 3 is 2.39 bits per heavy atom. The molecule has 0 fully saturated rings. The number of methoxy groups -OCH3 is 2. The molecule has 1 aromatic heterocycles. The third-order valence-electron chi connectivity index (χ3n) is 5.78. The molecule has 0 saturated carbocycles. The van der Waals surface area contributed by atoms with E-state index in [4.69, 9.17) is 14.2 Å². The highest BCUT2D eigenvalue weighted by molar-refractivity contribution is 6.17. The number of hydrogen-bond donors (Lipinski definition) is 1. The quantitative estimate of drug-likeness (QED) is 0.314. The normalized spacial score (nSPS) is 11.0. The van der Waals surface area contributed by atoms with Crippen molar-refractivity contribution in [3.63, 3.8) is 0 Å². The highest BCUT2D eigenvalue weighted by Crippen LogP contribution is 2.38. The van der Waals surface area contributed by atoms with Crippen LogP contribution in [-0.2, 0) is 11.3 Å². The standard InChI is InChI=1S/C28H23NO4/c1-31-25-16-19(12-15-24(25)33-17-18-8-4-3-5-9-18)20-13-14-22-21-10-6-7-11-23(21)29-27(22)26(20)28(30)32-2/h3-16,29H,17H2,1-2H3. The lowest BCUT2D eigenvalue weighted by Gasteiger charge is -2.14. The molecule has 0 aliphatic heterocycles. The van der Waals surface area contributed by atoms with Gasteiger partial charge in [0.25, 0.3) is 0 Å². The smallest absolute Gasteiger partial charge is 0.340 e. The van der Waals surface area contributed by atoms with Gasteiger partial charge < -0.3 is 19.2 Å². The van der Waals surface area contributed by atoms with Crippen molar-refractivity contribution in [2.45, 2.75) is 6.61 Å². The van der Waals surface area contributed by atoms with Crippen LogP contribution in [0.1, 0.15) is 15.9 Å². The summed E-state index contributed by atoms with van der Waals surface area (Å²) in [7, 11) is 3.01. The topological polar surface area (TPSA) is 60.6 Å². The lowest BCUT2D eigenvalue weighted by Crippen LogP contribution is -2.05. The Kier molecular flexibility index (Phi) is 5.45. The number of rotatable bonds is 6.